The highest BCUT2D eigenvalue weighted by Gasteiger charge is 2.13. The number of anilines is 2. The zero-order valence-electron chi connectivity index (χ0n) is 16.0. The van der Waals surface area contributed by atoms with Gasteiger partial charge in [0, 0.05) is 18.0 Å². The number of rotatable bonds is 7. The Morgan fingerprint density at radius 2 is 1.97 bits per heavy atom. The number of benzene rings is 2. The molecule has 0 bridgehead atoms. The van der Waals surface area contributed by atoms with Crippen molar-refractivity contribution in [2.24, 2.45) is 0 Å². The first-order chi connectivity index (χ1) is 14.0. The second kappa shape index (κ2) is 9.54. The van der Waals surface area contributed by atoms with Gasteiger partial charge in [0.2, 0.25) is 11.8 Å². The smallest absolute Gasteiger partial charge is 0.230 e. The number of amides is 2. The van der Waals surface area contributed by atoms with Crippen LogP contribution in [0, 0.1) is 0 Å². The molecule has 0 spiro atoms. The van der Waals surface area contributed by atoms with Crippen molar-refractivity contribution in [3.8, 4) is 16.3 Å². The standard InChI is InChI=1S/C21H20ClN3O3S/c1-3-28-19-7-5-4-6-16(19)21-25-15(12-29-21)11-20(27)24-14-8-9-18(17(22)10-14)23-13(2)26/h4-10,12H,3,11H2,1-2H3,(H,23,26)(H,24,27). The van der Waals surface area contributed by atoms with E-state index in [1.807, 2.05) is 36.6 Å². The molecule has 1 aromatic heterocycles. The fourth-order valence-corrected chi connectivity index (χ4v) is 3.77. The lowest BCUT2D eigenvalue weighted by molar-refractivity contribution is -0.116. The van der Waals surface area contributed by atoms with Crippen LogP contribution >= 0.6 is 22.9 Å². The van der Waals surface area contributed by atoms with Gasteiger partial charge in [0.1, 0.15) is 10.8 Å². The predicted molar refractivity (Wildman–Crippen MR) is 117 cm³/mol. The molecule has 1 heterocycles. The maximum Gasteiger partial charge on any atom is 0.230 e. The van der Waals surface area contributed by atoms with Crippen molar-refractivity contribution < 1.29 is 14.3 Å². The van der Waals surface area contributed by atoms with Crippen molar-refractivity contribution in [3.63, 3.8) is 0 Å². The first-order valence-corrected chi connectivity index (χ1v) is 10.3. The summed E-state index contributed by atoms with van der Waals surface area (Å²) in [6, 6.07) is 12.6. The summed E-state index contributed by atoms with van der Waals surface area (Å²) in [6.45, 7) is 3.91. The lowest BCUT2D eigenvalue weighted by Gasteiger charge is -2.09. The number of nitrogens with zero attached hydrogens (tertiary/aromatic N) is 1. The third-order valence-corrected chi connectivity index (χ3v) is 5.11. The number of carbonyl (C=O) groups excluding carboxylic acids is 2. The van der Waals surface area contributed by atoms with E-state index in [9.17, 15) is 9.59 Å². The Morgan fingerprint density at radius 3 is 2.69 bits per heavy atom. The van der Waals surface area contributed by atoms with Crippen LogP contribution in [0.1, 0.15) is 19.5 Å². The fraction of sp³-hybridized carbons (Fsp3) is 0.190. The molecule has 0 fully saturated rings. The van der Waals surface area contributed by atoms with Crippen molar-refractivity contribution in [1.29, 1.82) is 0 Å². The van der Waals surface area contributed by atoms with Gasteiger partial charge in [0.25, 0.3) is 0 Å². The Balaban J connectivity index is 1.67. The highest BCUT2D eigenvalue weighted by atomic mass is 35.5. The van der Waals surface area contributed by atoms with E-state index in [1.54, 1.807) is 18.2 Å². The Labute approximate surface area is 177 Å². The van der Waals surface area contributed by atoms with Gasteiger partial charge in [0.05, 0.1) is 35.0 Å². The largest absolute Gasteiger partial charge is 0.493 e. The van der Waals surface area contributed by atoms with Gasteiger partial charge < -0.3 is 15.4 Å². The van der Waals surface area contributed by atoms with Gasteiger partial charge in [-0.2, -0.15) is 0 Å². The molecule has 3 aromatic rings. The number of aromatic nitrogens is 1. The van der Waals surface area contributed by atoms with Gasteiger partial charge in [-0.25, -0.2) is 4.98 Å². The van der Waals surface area contributed by atoms with Crippen LogP contribution in [0.25, 0.3) is 10.6 Å². The number of nitrogens with one attached hydrogen (secondary N) is 2. The second-order valence-electron chi connectivity index (χ2n) is 6.17. The van der Waals surface area contributed by atoms with Crippen molar-refractivity contribution in [2.45, 2.75) is 20.3 Å². The van der Waals surface area contributed by atoms with E-state index < -0.39 is 0 Å². The number of thiazole rings is 1. The molecule has 2 N–H and O–H groups in total. The normalized spacial score (nSPS) is 10.4. The Hall–Kier alpha value is -2.90. The number of ether oxygens (including phenoxy) is 1. The number of hydrogen-bond donors (Lipinski definition) is 2. The average Bonchev–Trinajstić information content (AvgIpc) is 3.12. The Morgan fingerprint density at radius 1 is 1.17 bits per heavy atom. The molecule has 0 aliphatic carbocycles. The van der Waals surface area contributed by atoms with Gasteiger partial charge in [-0.05, 0) is 37.3 Å². The molecule has 2 amide bonds. The first-order valence-electron chi connectivity index (χ1n) is 9.00. The fourth-order valence-electron chi connectivity index (χ4n) is 2.69. The summed E-state index contributed by atoms with van der Waals surface area (Å²) in [5.41, 5.74) is 2.63. The summed E-state index contributed by atoms with van der Waals surface area (Å²) in [6.07, 6.45) is 0.137. The van der Waals surface area contributed by atoms with E-state index in [0.29, 0.717) is 28.7 Å². The van der Waals surface area contributed by atoms with E-state index in [-0.39, 0.29) is 18.2 Å². The van der Waals surface area contributed by atoms with Crippen LogP contribution in [0.3, 0.4) is 0 Å². The molecule has 3 rings (SSSR count). The number of halogens is 1. The maximum atomic E-state index is 12.4. The van der Waals surface area contributed by atoms with Crippen LogP contribution in [0.2, 0.25) is 5.02 Å². The monoisotopic (exact) mass is 429 g/mol. The zero-order chi connectivity index (χ0) is 20.8. The highest BCUT2D eigenvalue weighted by Crippen LogP contribution is 2.32. The molecule has 6 nitrogen and oxygen atoms in total. The van der Waals surface area contributed by atoms with Crippen LogP contribution in [-0.2, 0) is 16.0 Å². The quantitative estimate of drug-likeness (QED) is 0.553. The Kier molecular flexibility index (Phi) is 6.85. The minimum atomic E-state index is -0.214. The molecule has 0 saturated heterocycles. The molecular weight excluding hydrogens is 410 g/mol. The number of hydrogen-bond acceptors (Lipinski definition) is 5. The maximum absolute atomic E-state index is 12.4. The van der Waals surface area contributed by atoms with Crippen LogP contribution in [-0.4, -0.2) is 23.4 Å². The van der Waals surface area contributed by atoms with Gasteiger partial charge in [0.15, 0.2) is 0 Å². The molecule has 0 atom stereocenters. The molecule has 150 valence electrons. The molecular formula is C21H20ClN3O3S. The van der Waals surface area contributed by atoms with E-state index >= 15 is 0 Å². The first kappa shape index (κ1) is 20.8. The molecule has 0 saturated carbocycles. The predicted octanol–water partition coefficient (Wildman–Crippen LogP) is 5.00. The van der Waals surface area contributed by atoms with Gasteiger partial charge in [-0.1, -0.05) is 23.7 Å². The second-order valence-corrected chi connectivity index (χ2v) is 7.44. The third-order valence-electron chi connectivity index (χ3n) is 3.87. The lowest BCUT2D eigenvalue weighted by atomic mass is 10.2. The Bertz CT molecular complexity index is 1040. The van der Waals surface area contributed by atoms with Crippen LogP contribution < -0.4 is 15.4 Å². The summed E-state index contributed by atoms with van der Waals surface area (Å²) >= 11 is 7.61. The van der Waals surface area contributed by atoms with Crippen LogP contribution in [0.4, 0.5) is 11.4 Å². The molecule has 0 aliphatic rings. The summed E-state index contributed by atoms with van der Waals surface area (Å²) < 4.78 is 5.65. The molecule has 0 unspecified atom stereocenters. The molecule has 0 aliphatic heterocycles. The molecule has 0 radical (unpaired) electrons. The molecule has 8 heteroatoms. The summed E-state index contributed by atoms with van der Waals surface area (Å²) in [7, 11) is 0. The highest BCUT2D eigenvalue weighted by molar-refractivity contribution is 7.13. The van der Waals surface area contributed by atoms with Crippen molar-refractivity contribution >= 4 is 46.1 Å². The minimum absolute atomic E-state index is 0.137. The van der Waals surface area contributed by atoms with E-state index in [0.717, 1.165) is 16.3 Å². The summed E-state index contributed by atoms with van der Waals surface area (Å²) in [5, 5.41) is 8.44. The molecule has 29 heavy (non-hydrogen) atoms. The van der Waals surface area contributed by atoms with Gasteiger partial charge >= 0.3 is 0 Å². The van der Waals surface area contributed by atoms with E-state index in [2.05, 4.69) is 15.6 Å². The van der Waals surface area contributed by atoms with Crippen LogP contribution in [0.15, 0.2) is 47.8 Å². The third kappa shape index (κ3) is 5.56. The van der Waals surface area contributed by atoms with E-state index in [1.165, 1.54) is 18.3 Å². The van der Waals surface area contributed by atoms with Crippen LogP contribution in [0.5, 0.6) is 5.75 Å². The number of carbonyl (C=O) groups is 2. The minimum Gasteiger partial charge on any atom is -0.493 e. The van der Waals surface area contributed by atoms with Crippen molar-refractivity contribution in [2.75, 3.05) is 17.2 Å². The summed E-state index contributed by atoms with van der Waals surface area (Å²) in [4.78, 5) is 28.1. The van der Waals surface area contributed by atoms with Gasteiger partial charge in [-0.3, -0.25) is 9.59 Å². The topological polar surface area (TPSA) is 80.3 Å². The lowest BCUT2D eigenvalue weighted by Crippen LogP contribution is -2.15. The van der Waals surface area contributed by atoms with Crippen molar-refractivity contribution in [3.05, 3.63) is 58.6 Å². The number of para-hydroxylation sites is 1. The van der Waals surface area contributed by atoms with Crippen molar-refractivity contribution in [1.82, 2.24) is 4.98 Å². The average molecular weight is 430 g/mol. The zero-order valence-corrected chi connectivity index (χ0v) is 17.6. The van der Waals surface area contributed by atoms with Gasteiger partial charge in [-0.15, -0.1) is 11.3 Å². The van der Waals surface area contributed by atoms with E-state index in [4.69, 9.17) is 16.3 Å². The SMILES string of the molecule is CCOc1ccccc1-c1nc(CC(=O)Nc2ccc(NC(C)=O)c(Cl)c2)cs1. The summed E-state index contributed by atoms with van der Waals surface area (Å²) in [5.74, 6) is 0.353. The molecule has 2 aromatic carbocycles.